The van der Waals surface area contributed by atoms with Gasteiger partial charge >= 0.3 is 5.97 Å². The average Bonchev–Trinajstić information content (AvgIpc) is 2.46. The zero-order valence-electron chi connectivity index (χ0n) is 12.4. The molecule has 2 rings (SSSR count). The highest BCUT2D eigenvalue weighted by atomic mass is 35.5. The van der Waals surface area contributed by atoms with E-state index in [2.05, 4.69) is 12.2 Å². The molecule has 4 nitrogen and oxygen atoms in total. The quantitative estimate of drug-likeness (QED) is 0.705. The first kappa shape index (κ1) is 16.0. The Balaban J connectivity index is 2.26. The molecule has 1 aliphatic rings. The number of carboxylic acid groups (broad SMARTS) is 1. The molecule has 4 N–H and O–H groups in total. The Morgan fingerprint density at radius 2 is 2.10 bits per heavy atom. The minimum atomic E-state index is -1.01. The zero-order chi connectivity index (χ0) is 15.4. The molecule has 0 saturated heterocycles. The molecular weight excluding hydrogens is 288 g/mol. The monoisotopic (exact) mass is 310 g/mol. The molecule has 0 aromatic heterocycles. The molecular formula is C16H23ClN2O2. The molecule has 1 aromatic carbocycles. The number of hydrogen-bond acceptors (Lipinski definition) is 3. The standard InChI is InChI=1S/C16H23ClN2O2/c1-2-14(10-6-4-3-5-7-10)19-15-12(16(20)21)8-11(18)9-13(15)17/h8-10,14,19H,2-7,18H2,1H3,(H,20,21). The lowest BCUT2D eigenvalue weighted by molar-refractivity contribution is 0.0698. The van der Waals surface area contributed by atoms with Crippen molar-refractivity contribution >= 4 is 28.9 Å². The van der Waals surface area contributed by atoms with Gasteiger partial charge in [0.1, 0.15) is 0 Å². The number of benzene rings is 1. The van der Waals surface area contributed by atoms with Gasteiger partial charge in [0.25, 0.3) is 0 Å². The number of nitrogens with one attached hydrogen (secondary N) is 1. The lowest BCUT2D eigenvalue weighted by Gasteiger charge is -2.31. The number of anilines is 2. The molecule has 1 atom stereocenters. The largest absolute Gasteiger partial charge is 0.478 e. The fraction of sp³-hybridized carbons (Fsp3) is 0.562. The van der Waals surface area contributed by atoms with Crippen LogP contribution in [0.1, 0.15) is 55.8 Å². The normalized spacial score (nSPS) is 17.4. The minimum absolute atomic E-state index is 0.147. The molecule has 0 amide bonds. The Bertz CT molecular complexity index is 513. The third-order valence-corrected chi connectivity index (χ3v) is 4.63. The van der Waals surface area contributed by atoms with Crippen LogP contribution >= 0.6 is 11.6 Å². The van der Waals surface area contributed by atoms with Crippen molar-refractivity contribution in [2.24, 2.45) is 5.92 Å². The van der Waals surface area contributed by atoms with Gasteiger partial charge in [0.2, 0.25) is 0 Å². The van der Waals surface area contributed by atoms with Gasteiger partial charge < -0.3 is 16.2 Å². The summed E-state index contributed by atoms with van der Waals surface area (Å²) in [6, 6.07) is 3.32. The van der Waals surface area contributed by atoms with E-state index in [0.717, 1.165) is 6.42 Å². The zero-order valence-corrected chi connectivity index (χ0v) is 13.1. The predicted molar refractivity (Wildman–Crippen MR) is 87.1 cm³/mol. The van der Waals surface area contributed by atoms with Crippen LogP contribution in [0.25, 0.3) is 0 Å². The topological polar surface area (TPSA) is 75.3 Å². The number of carboxylic acids is 1. The van der Waals surface area contributed by atoms with Crippen molar-refractivity contribution in [3.8, 4) is 0 Å². The van der Waals surface area contributed by atoms with E-state index in [9.17, 15) is 9.90 Å². The van der Waals surface area contributed by atoms with Gasteiger partial charge in [-0.2, -0.15) is 0 Å². The third kappa shape index (κ3) is 3.82. The van der Waals surface area contributed by atoms with E-state index in [1.54, 1.807) is 6.07 Å². The first-order chi connectivity index (χ1) is 10.0. The van der Waals surface area contributed by atoms with Crippen LogP contribution in [0, 0.1) is 5.92 Å². The van der Waals surface area contributed by atoms with Crippen LogP contribution in [0.4, 0.5) is 11.4 Å². The summed E-state index contributed by atoms with van der Waals surface area (Å²) in [5, 5.41) is 13.1. The van der Waals surface area contributed by atoms with E-state index in [1.165, 1.54) is 38.2 Å². The summed E-state index contributed by atoms with van der Waals surface area (Å²) >= 11 is 6.21. The smallest absolute Gasteiger partial charge is 0.337 e. The number of halogens is 1. The Morgan fingerprint density at radius 3 is 2.67 bits per heavy atom. The Hall–Kier alpha value is -1.42. The molecule has 1 aromatic rings. The number of nitrogen functional groups attached to an aromatic ring is 1. The fourth-order valence-electron chi connectivity index (χ4n) is 3.22. The lowest BCUT2D eigenvalue weighted by atomic mass is 9.82. The Labute approximate surface area is 130 Å². The third-order valence-electron chi connectivity index (χ3n) is 4.33. The SMILES string of the molecule is CCC(Nc1c(Cl)cc(N)cc1C(=O)O)C1CCCCC1. The molecule has 0 heterocycles. The van der Waals surface area contributed by atoms with Gasteiger partial charge in [-0.05, 0) is 37.3 Å². The molecule has 5 heteroatoms. The highest BCUT2D eigenvalue weighted by Gasteiger charge is 2.25. The van der Waals surface area contributed by atoms with Gasteiger partial charge in [0, 0.05) is 11.7 Å². The Kier molecular flexibility index (Phi) is 5.34. The average molecular weight is 311 g/mol. The molecule has 1 saturated carbocycles. The summed E-state index contributed by atoms with van der Waals surface area (Å²) in [5.41, 5.74) is 6.71. The van der Waals surface area contributed by atoms with E-state index < -0.39 is 5.97 Å². The van der Waals surface area contributed by atoms with Crippen molar-refractivity contribution in [2.45, 2.75) is 51.5 Å². The number of rotatable bonds is 5. The molecule has 1 aliphatic carbocycles. The van der Waals surface area contributed by atoms with Gasteiger partial charge in [0.15, 0.2) is 0 Å². The maximum Gasteiger partial charge on any atom is 0.337 e. The molecule has 0 bridgehead atoms. The van der Waals surface area contributed by atoms with Crippen molar-refractivity contribution in [3.05, 3.63) is 22.7 Å². The fourth-order valence-corrected chi connectivity index (χ4v) is 3.50. The van der Waals surface area contributed by atoms with E-state index >= 15 is 0 Å². The molecule has 1 unspecified atom stereocenters. The molecule has 116 valence electrons. The minimum Gasteiger partial charge on any atom is -0.478 e. The van der Waals surface area contributed by atoms with Crippen LogP contribution in [0.5, 0.6) is 0 Å². The van der Waals surface area contributed by atoms with Crippen LogP contribution in [0.2, 0.25) is 5.02 Å². The Morgan fingerprint density at radius 1 is 1.43 bits per heavy atom. The first-order valence-corrected chi connectivity index (χ1v) is 7.99. The molecule has 0 aliphatic heterocycles. The van der Waals surface area contributed by atoms with Gasteiger partial charge in [-0.1, -0.05) is 37.8 Å². The number of hydrogen-bond donors (Lipinski definition) is 3. The van der Waals surface area contributed by atoms with Crippen LogP contribution in [0.3, 0.4) is 0 Å². The van der Waals surface area contributed by atoms with Gasteiger partial charge in [-0.25, -0.2) is 4.79 Å². The van der Waals surface area contributed by atoms with E-state index in [1.807, 2.05) is 0 Å². The van der Waals surface area contributed by atoms with Crippen molar-refractivity contribution in [1.82, 2.24) is 0 Å². The second kappa shape index (κ2) is 7.03. The van der Waals surface area contributed by atoms with Crippen molar-refractivity contribution in [3.63, 3.8) is 0 Å². The van der Waals surface area contributed by atoms with Crippen molar-refractivity contribution in [1.29, 1.82) is 0 Å². The summed E-state index contributed by atoms with van der Waals surface area (Å²) in [6.45, 7) is 2.12. The summed E-state index contributed by atoms with van der Waals surface area (Å²) in [7, 11) is 0. The van der Waals surface area contributed by atoms with Crippen molar-refractivity contribution < 1.29 is 9.90 Å². The number of carbonyl (C=O) groups is 1. The van der Waals surface area contributed by atoms with E-state index in [0.29, 0.717) is 22.3 Å². The highest BCUT2D eigenvalue weighted by Crippen LogP contribution is 2.34. The summed E-state index contributed by atoms with van der Waals surface area (Å²) in [6.07, 6.45) is 7.15. The molecule has 0 radical (unpaired) electrons. The summed E-state index contributed by atoms with van der Waals surface area (Å²) < 4.78 is 0. The van der Waals surface area contributed by atoms with Gasteiger partial charge in [0.05, 0.1) is 16.3 Å². The van der Waals surface area contributed by atoms with Gasteiger partial charge in [-0.15, -0.1) is 0 Å². The molecule has 0 spiro atoms. The van der Waals surface area contributed by atoms with Crippen molar-refractivity contribution in [2.75, 3.05) is 11.1 Å². The first-order valence-electron chi connectivity index (χ1n) is 7.61. The van der Waals surface area contributed by atoms with Crippen LogP contribution in [-0.4, -0.2) is 17.1 Å². The number of nitrogens with two attached hydrogens (primary N) is 1. The molecule has 1 fully saturated rings. The lowest BCUT2D eigenvalue weighted by Crippen LogP contribution is -2.31. The predicted octanol–water partition coefficient (Wildman–Crippen LogP) is 4.39. The summed E-state index contributed by atoms with van der Waals surface area (Å²) in [4.78, 5) is 11.4. The maximum absolute atomic E-state index is 11.4. The van der Waals surface area contributed by atoms with E-state index in [4.69, 9.17) is 17.3 Å². The summed E-state index contributed by atoms with van der Waals surface area (Å²) in [5.74, 6) is -0.427. The molecule has 21 heavy (non-hydrogen) atoms. The maximum atomic E-state index is 11.4. The van der Waals surface area contributed by atoms with Gasteiger partial charge in [-0.3, -0.25) is 0 Å². The highest BCUT2D eigenvalue weighted by molar-refractivity contribution is 6.34. The van der Waals surface area contributed by atoms with E-state index in [-0.39, 0.29) is 11.6 Å². The number of aromatic carboxylic acids is 1. The second-order valence-corrected chi connectivity index (χ2v) is 6.19. The van der Waals surface area contributed by atoms with Crippen LogP contribution in [0.15, 0.2) is 12.1 Å². The van der Waals surface area contributed by atoms with Crippen LogP contribution < -0.4 is 11.1 Å². The second-order valence-electron chi connectivity index (χ2n) is 5.79. The van der Waals surface area contributed by atoms with Crippen LogP contribution in [-0.2, 0) is 0 Å².